The lowest BCUT2D eigenvalue weighted by Gasteiger charge is -2.29. The van der Waals surface area contributed by atoms with Gasteiger partial charge in [-0.25, -0.2) is 13.2 Å². The standard InChI is InChI=1S/C22H22N2O7S/c1-32(27,28)24-11-5-8-15-13-16(9-10-17(15)24)20(26)30-21-18(29-22(31-21)19(23)25)12-14-6-3-2-4-7-14/h2-4,6-7,9-10,13,22H,5,8,11-12H2,1H3,(H2,23,25). The fourth-order valence-electron chi connectivity index (χ4n) is 3.63. The predicted molar refractivity (Wildman–Crippen MR) is 115 cm³/mol. The molecule has 2 aromatic carbocycles. The van der Waals surface area contributed by atoms with Gasteiger partial charge in [0.1, 0.15) is 0 Å². The molecule has 2 heterocycles. The van der Waals surface area contributed by atoms with E-state index in [0.29, 0.717) is 25.1 Å². The number of hydrogen-bond acceptors (Lipinski definition) is 7. The number of carbonyl (C=O) groups excluding carboxylic acids is 2. The quantitative estimate of drug-likeness (QED) is 0.655. The summed E-state index contributed by atoms with van der Waals surface area (Å²) >= 11 is 0. The van der Waals surface area contributed by atoms with Crippen molar-refractivity contribution in [2.45, 2.75) is 25.6 Å². The Bertz CT molecular complexity index is 1190. The van der Waals surface area contributed by atoms with Crippen LogP contribution >= 0.6 is 0 Å². The van der Waals surface area contributed by atoms with Crippen LogP contribution in [0.15, 0.2) is 60.2 Å². The number of hydrogen-bond donors (Lipinski definition) is 1. The molecule has 0 aromatic heterocycles. The summed E-state index contributed by atoms with van der Waals surface area (Å²) in [6.07, 6.45) is 1.28. The summed E-state index contributed by atoms with van der Waals surface area (Å²) in [6, 6.07) is 13.9. The molecule has 4 rings (SSSR count). The second kappa shape index (κ2) is 8.54. The summed E-state index contributed by atoms with van der Waals surface area (Å²) in [5.74, 6) is -1.62. The van der Waals surface area contributed by atoms with Crippen molar-refractivity contribution < 1.29 is 32.2 Å². The molecule has 168 valence electrons. The van der Waals surface area contributed by atoms with Crippen LogP contribution in [0.25, 0.3) is 0 Å². The van der Waals surface area contributed by atoms with Crippen LogP contribution in [-0.4, -0.2) is 39.4 Å². The van der Waals surface area contributed by atoms with Gasteiger partial charge < -0.3 is 19.9 Å². The number of primary amides is 1. The first-order valence-corrected chi connectivity index (χ1v) is 11.8. The van der Waals surface area contributed by atoms with Gasteiger partial charge in [0.2, 0.25) is 10.0 Å². The van der Waals surface area contributed by atoms with Gasteiger partial charge in [-0.1, -0.05) is 30.3 Å². The fourth-order valence-corrected chi connectivity index (χ4v) is 4.63. The third kappa shape index (κ3) is 4.54. The Kier molecular flexibility index (Phi) is 5.79. The van der Waals surface area contributed by atoms with E-state index in [4.69, 9.17) is 19.9 Å². The molecule has 1 amide bonds. The molecule has 2 aliphatic heterocycles. The molecule has 0 radical (unpaired) electrons. The van der Waals surface area contributed by atoms with Gasteiger partial charge >= 0.3 is 18.2 Å². The maximum absolute atomic E-state index is 12.8. The minimum absolute atomic E-state index is 0.176. The summed E-state index contributed by atoms with van der Waals surface area (Å²) in [6.45, 7) is 0.394. The summed E-state index contributed by atoms with van der Waals surface area (Å²) in [5.41, 5.74) is 7.63. The molecule has 1 unspecified atom stereocenters. The van der Waals surface area contributed by atoms with Crippen LogP contribution in [0.4, 0.5) is 5.69 Å². The number of nitrogens with two attached hydrogens (primary N) is 1. The molecular weight excluding hydrogens is 436 g/mol. The number of amides is 1. The maximum atomic E-state index is 12.8. The van der Waals surface area contributed by atoms with E-state index in [9.17, 15) is 18.0 Å². The van der Waals surface area contributed by atoms with Crippen molar-refractivity contribution in [1.29, 1.82) is 0 Å². The van der Waals surface area contributed by atoms with Crippen LogP contribution in [0, 0.1) is 0 Å². The van der Waals surface area contributed by atoms with Crippen LogP contribution in [0.1, 0.15) is 27.9 Å². The van der Waals surface area contributed by atoms with Crippen LogP contribution < -0.4 is 10.0 Å². The zero-order valence-electron chi connectivity index (χ0n) is 17.3. The Labute approximate surface area is 185 Å². The molecule has 2 aliphatic rings. The lowest BCUT2D eigenvalue weighted by Crippen LogP contribution is -2.34. The number of ether oxygens (including phenoxy) is 3. The van der Waals surface area contributed by atoms with Gasteiger partial charge in [-0.05, 0) is 42.2 Å². The van der Waals surface area contributed by atoms with Gasteiger partial charge in [0.05, 0.1) is 17.5 Å². The Morgan fingerprint density at radius 1 is 1.16 bits per heavy atom. The third-order valence-electron chi connectivity index (χ3n) is 5.11. The number of rotatable bonds is 6. The average Bonchev–Trinajstić information content (AvgIpc) is 3.15. The van der Waals surface area contributed by atoms with E-state index < -0.39 is 28.2 Å². The highest BCUT2D eigenvalue weighted by Gasteiger charge is 2.35. The van der Waals surface area contributed by atoms with Crippen molar-refractivity contribution >= 4 is 27.6 Å². The lowest BCUT2D eigenvalue weighted by molar-refractivity contribution is -0.146. The molecule has 32 heavy (non-hydrogen) atoms. The number of esters is 1. The minimum Gasteiger partial charge on any atom is -0.443 e. The number of fused-ring (bicyclic) bond motifs is 1. The highest BCUT2D eigenvalue weighted by molar-refractivity contribution is 7.92. The molecule has 0 saturated heterocycles. The highest BCUT2D eigenvalue weighted by Crippen LogP contribution is 2.31. The number of allylic oxidation sites excluding steroid dienone is 1. The van der Waals surface area contributed by atoms with E-state index in [1.165, 1.54) is 10.4 Å². The minimum atomic E-state index is -3.41. The topological polar surface area (TPSA) is 125 Å². The fraction of sp³-hybridized carbons (Fsp3) is 0.273. The summed E-state index contributed by atoms with van der Waals surface area (Å²) in [7, 11) is -3.41. The normalized spacial score (nSPS) is 17.9. The second-order valence-electron chi connectivity index (χ2n) is 7.51. The monoisotopic (exact) mass is 458 g/mol. The lowest BCUT2D eigenvalue weighted by atomic mass is 10.0. The van der Waals surface area contributed by atoms with E-state index in [-0.39, 0.29) is 23.7 Å². The Balaban J connectivity index is 1.57. The third-order valence-corrected chi connectivity index (χ3v) is 6.29. The van der Waals surface area contributed by atoms with Crippen LogP contribution in [0.2, 0.25) is 0 Å². The van der Waals surface area contributed by atoms with Crippen molar-refractivity contribution in [2.75, 3.05) is 17.1 Å². The van der Waals surface area contributed by atoms with Gasteiger partial charge in [-0.3, -0.25) is 9.10 Å². The van der Waals surface area contributed by atoms with Gasteiger partial charge in [-0.15, -0.1) is 0 Å². The van der Waals surface area contributed by atoms with Crippen molar-refractivity contribution in [3.63, 3.8) is 0 Å². The zero-order valence-corrected chi connectivity index (χ0v) is 18.1. The van der Waals surface area contributed by atoms with E-state index in [0.717, 1.165) is 17.4 Å². The van der Waals surface area contributed by atoms with Gasteiger partial charge in [0, 0.05) is 13.0 Å². The van der Waals surface area contributed by atoms with Crippen molar-refractivity contribution in [3.05, 3.63) is 76.9 Å². The first kappa shape index (κ1) is 21.7. The molecular formula is C22H22N2O7S. The Hall–Kier alpha value is -3.53. The molecule has 2 aromatic rings. The molecule has 0 bridgehead atoms. The summed E-state index contributed by atoms with van der Waals surface area (Å²) < 4.78 is 41.6. The van der Waals surface area contributed by atoms with Crippen molar-refractivity contribution in [3.8, 4) is 0 Å². The first-order valence-electron chi connectivity index (χ1n) is 9.95. The van der Waals surface area contributed by atoms with Crippen LogP contribution in [-0.2, 0) is 41.9 Å². The summed E-state index contributed by atoms with van der Waals surface area (Å²) in [5, 5.41) is 0. The number of nitrogens with zero attached hydrogens (tertiary/aromatic N) is 1. The van der Waals surface area contributed by atoms with E-state index in [1.54, 1.807) is 12.1 Å². The van der Waals surface area contributed by atoms with Gasteiger partial charge in [0.25, 0.3) is 5.91 Å². The van der Waals surface area contributed by atoms with Crippen LogP contribution in [0.3, 0.4) is 0 Å². The Morgan fingerprint density at radius 3 is 2.59 bits per heavy atom. The maximum Gasteiger partial charge on any atom is 0.346 e. The van der Waals surface area contributed by atoms with E-state index in [2.05, 4.69) is 0 Å². The van der Waals surface area contributed by atoms with E-state index >= 15 is 0 Å². The highest BCUT2D eigenvalue weighted by atomic mass is 32.2. The predicted octanol–water partition coefficient (Wildman–Crippen LogP) is 1.83. The second-order valence-corrected chi connectivity index (χ2v) is 9.42. The number of aryl methyl sites for hydroxylation is 1. The first-order chi connectivity index (χ1) is 15.2. The van der Waals surface area contributed by atoms with Crippen molar-refractivity contribution in [1.82, 2.24) is 0 Å². The molecule has 9 nitrogen and oxygen atoms in total. The van der Waals surface area contributed by atoms with Crippen molar-refractivity contribution in [2.24, 2.45) is 5.73 Å². The van der Waals surface area contributed by atoms with Gasteiger partial charge in [0.15, 0.2) is 5.76 Å². The van der Waals surface area contributed by atoms with E-state index in [1.807, 2.05) is 30.3 Å². The number of sulfonamides is 1. The number of anilines is 1. The smallest absolute Gasteiger partial charge is 0.346 e. The zero-order chi connectivity index (χ0) is 22.9. The average molecular weight is 458 g/mol. The molecule has 0 aliphatic carbocycles. The van der Waals surface area contributed by atoms with Crippen LogP contribution in [0.5, 0.6) is 0 Å². The molecule has 1 atom stereocenters. The largest absolute Gasteiger partial charge is 0.443 e. The number of carbonyl (C=O) groups is 2. The number of benzene rings is 2. The molecule has 10 heteroatoms. The molecule has 0 fully saturated rings. The Morgan fingerprint density at radius 2 is 1.91 bits per heavy atom. The molecule has 0 spiro atoms. The SMILES string of the molecule is CS(=O)(=O)N1CCCc2cc(C(=O)OC3=C(Cc4ccccc4)OC(C(N)=O)O3)ccc21. The molecule has 0 saturated carbocycles. The summed E-state index contributed by atoms with van der Waals surface area (Å²) in [4.78, 5) is 24.3. The molecule has 2 N–H and O–H groups in total. The van der Waals surface area contributed by atoms with Gasteiger partial charge in [-0.2, -0.15) is 0 Å².